The lowest BCUT2D eigenvalue weighted by Crippen LogP contribution is -2.33. The summed E-state index contributed by atoms with van der Waals surface area (Å²) < 4.78 is 10.3. The van der Waals surface area contributed by atoms with Crippen molar-refractivity contribution in [3.05, 3.63) is 23.8 Å². The Labute approximate surface area is 124 Å². The third kappa shape index (κ3) is 3.74. The van der Waals surface area contributed by atoms with Crippen LogP contribution in [0.3, 0.4) is 0 Å². The zero-order valence-corrected chi connectivity index (χ0v) is 12.5. The van der Waals surface area contributed by atoms with Crippen molar-refractivity contribution in [2.45, 2.75) is 25.7 Å². The Morgan fingerprint density at radius 3 is 2.43 bits per heavy atom. The van der Waals surface area contributed by atoms with E-state index in [1.807, 2.05) is 0 Å². The summed E-state index contributed by atoms with van der Waals surface area (Å²) in [6.07, 6.45) is 4.05. The molecule has 0 bridgehead atoms. The molecule has 0 unspecified atom stereocenters. The molecule has 5 nitrogen and oxygen atoms in total. The molecule has 0 aromatic heterocycles. The van der Waals surface area contributed by atoms with Crippen LogP contribution in [0.15, 0.2) is 18.2 Å². The number of hydrogen-bond donors (Lipinski definition) is 1. The molecule has 0 saturated heterocycles. The van der Waals surface area contributed by atoms with Gasteiger partial charge in [-0.15, -0.1) is 0 Å². The lowest BCUT2D eigenvalue weighted by molar-refractivity contribution is -0.124. The Morgan fingerprint density at radius 2 is 1.81 bits per heavy atom. The van der Waals surface area contributed by atoms with Crippen LogP contribution in [0.4, 0.5) is 0 Å². The Morgan fingerprint density at radius 1 is 1.14 bits per heavy atom. The fraction of sp³-hybridized carbons (Fsp3) is 0.500. The van der Waals surface area contributed by atoms with E-state index >= 15 is 0 Å². The molecule has 1 aliphatic rings. The van der Waals surface area contributed by atoms with E-state index in [0.717, 1.165) is 25.7 Å². The van der Waals surface area contributed by atoms with Crippen molar-refractivity contribution in [3.63, 3.8) is 0 Å². The number of ether oxygens (including phenoxy) is 2. The summed E-state index contributed by atoms with van der Waals surface area (Å²) in [6.45, 7) is 0.0187. The van der Waals surface area contributed by atoms with Gasteiger partial charge in [-0.3, -0.25) is 9.59 Å². The van der Waals surface area contributed by atoms with Gasteiger partial charge in [0.05, 0.1) is 20.8 Å². The van der Waals surface area contributed by atoms with Crippen LogP contribution >= 0.6 is 0 Å². The molecule has 1 amide bonds. The van der Waals surface area contributed by atoms with Gasteiger partial charge >= 0.3 is 0 Å². The van der Waals surface area contributed by atoms with Crippen molar-refractivity contribution < 1.29 is 19.1 Å². The average molecular weight is 291 g/mol. The van der Waals surface area contributed by atoms with E-state index in [-0.39, 0.29) is 24.2 Å². The second-order valence-corrected chi connectivity index (χ2v) is 5.19. The van der Waals surface area contributed by atoms with E-state index < -0.39 is 0 Å². The standard InChI is InChI=1S/C16H21NO4/c1-20-14-8-7-12(9-15(14)21-2)13(18)10-17-16(19)11-5-3-4-6-11/h7-9,11H,3-6,10H2,1-2H3,(H,17,19). The number of carbonyl (C=O) groups excluding carboxylic acids is 2. The number of benzene rings is 1. The molecule has 114 valence electrons. The van der Waals surface area contributed by atoms with Gasteiger partial charge in [-0.25, -0.2) is 0 Å². The number of hydrogen-bond acceptors (Lipinski definition) is 4. The molecule has 1 aliphatic carbocycles. The predicted octanol–water partition coefficient (Wildman–Crippen LogP) is 2.19. The topological polar surface area (TPSA) is 64.6 Å². The van der Waals surface area contributed by atoms with Crippen molar-refractivity contribution in [1.82, 2.24) is 5.32 Å². The van der Waals surface area contributed by atoms with E-state index in [1.54, 1.807) is 25.3 Å². The zero-order valence-electron chi connectivity index (χ0n) is 12.5. The summed E-state index contributed by atoms with van der Waals surface area (Å²) in [5.74, 6) is 1.00. The van der Waals surface area contributed by atoms with Crippen molar-refractivity contribution >= 4 is 11.7 Å². The van der Waals surface area contributed by atoms with Gasteiger partial charge in [0.15, 0.2) is 17.3 Å². The molecule has 0 aliphatic heterocycles. The summed E-state index contributed by atoms with van der Waals surface area (Å²) in [7, 11) is 3.06. The summed E-state index contributed by atoms with van der Waals surface area (Å²) in [4.78, 5) is 24.0. The maximum atomic E-state index is 12.1. The van der Waals surface area contributed by atoms with E-state index in [4.69, 9.17) is 9.47 Å². The largest absolute Gasteiger partial charge is 0.493 e. The van der Waals surface area contributed by atoms with Gasteiger partial charge in [0.2, 0.25) is 5.91 Å². The first-order valence-electron chi connectivity index (χ1n) is 7.18. The minimum Gasteiger partial charge on any atom is -0.493 e. The Bertz CT molecular complexity index is 521. The first-order chi connectivity index (χ1) is 10.2. The number of Topliss-reactive ketones (excluding diaryl/α,β-unsaturated/α-hetero) is 1. The zero-order chi connectivity index (χ0) is 15.2. The van der Waals surface area contributed by atoms with Gasteiger partial charge in [-0.2, -0.15) is 0 Å². The van der Waals surface area contributed by atoms with Crippen LogP contribution in [0.25, 0.3) is 0 Å². The molecule has 0 heterocycles. The molecule has 21 heavy (non-hydrogen) atoms. The molecule has 2 rings (SSSR count). The van der Waals surface area contributed by atoms with Crippen molar-refractivity contribution in [2.75, 3.05) is 20.8 Å². The molecule has 5 heteroatoms. The van der Waals surface area contributed by atoms with Gasteiger partial charge in [-0.1, -0.05) is 12.8 Å². The van der Waals surface area contributed by atoms with Crippen LogP contribution in [0.1, 0.15) is 36.0 Å². The van der Waals surface area contributed by atoms with E-state index in [2.05, 4.69) is 5.32 Å². The van der Waals surface area contributed by atoms with E-state index in [9.17, 15) is 9.59 Å². The molecule has 1 aromatic rings. The summed E-state index contributed by atoms with van der Waals surface area (Å²) in [5, 5.41) is 2.73. The molecule has 0 radical (unpaired) electrons. The van der Waals surface area contributed by atoms with Gasteiger partial charge in [0, 0.05) is 11.5 Å². The molecule has 1 saturated carbocycles. The van der Waals surface area contributed by atoms with Crippen molar-refractivity contribution in [1.29, 1.82) is 0 Å². The van der Waals surface area contributed by atoms with Crippen LogP contribution in [-0.2, 0) is 4.79 Å². The lowest BCUT2D eigenvalue weighted by Gasteiger charge is -2.11. The van der Waals surface area contributed by atoms with Crippen LogP contribution in [0.2, 0.25) is 0 Å². The minimum absolute atomic E-state index is 0.0127. The first-order valence-corrected chi connectivity index (χ1v) is 7.18. The normalized spacial score (nSPS) is 14.8. The van der Waals surface area contributed by atoms with E-state index in [0.29, 0.717) is 17.1 Å². The SMILES string of the molecule is COc1ccc(C(=O)CNC(=O)C2CCCC2)cc1OC. The monoisotopic (exact) mass is 291 g/mol. The fourth-order valence-corrected chi connectivity index (χ4v) is 2.61. The number of methoxy groups -OCH3 is 2. The fourth-order valence-electron chi connectivity index (χ4n) is 2.61. The summed E-state index contributed by atoms with van der Waals surface area (Å²) in [6, 6.07) is 4.99. The number of amides is 1. The minimum atomic E-state index is -0.137. The molecule has 1 fully saturated rings. The maximum absolute atomic E-state index is 12.1. The third-order valence-corrected chi connectivity index (χ3v) is 3.85. The number of ketones is 1. The first kappa shape index (κ1) is 15.4. The number of carbonyl (C=O) groups is 2. The van der Waals surface area contributed by atoms with Gasteiger partial charge in [0.25, 0.3) is 0 Å². The van der Waals surface area contributed by atoms with Gasteiger partial charge in [0.1, 0.15) is 0 Å². The molecule has 1 aromatic carbocycles. The smallest absolute Gasteiger partial charge is 0.223 e. The van der Waals surface area contributed by atoms with Gasteiger partial charge in [-0.05, 0) is 31.0 Å². The van der Waals surface area contributed by atoms with Crippen LogP contribution < -0.4 is 14.8 Å². The molecular weight excluding hydrogens is 270 g/mol. The highest BCUT2D eigenvalue weighted by Crippen LogP contribution is 2.28. The molecule has 0 atom stereocenters. The summed E-state index contributed by atoms with van der Waals surface area (Å²) in [5.41, 5.74) is 0.499. The van der Waals surface area contributed by atoms with Crippen molar-refractivity contribution in [2.24, 2.45) is 5.92 Å². The quantitative estimate of drug-likeness (QED) is 0.816. The van der Waals surface area contributed by atoms with Gasteiger partial charge < -0.3 is 14.8 Å². The second-order valence-electron chi connectivity index (χ2n) is 5.19. The summed E-state index contributed by atoms with van der Waals surface area (Å²) >= 11 is 0. The Balaban J connectivity index is 1.95. The van der Waals surface area contributed by atoms with Crippen molar-refractivity contribution in [3.8, 4) is 11.5 Å². The molecule has 0 spiro atoms. The van der Waals surface area contributed by atoms with Crippen LogP contribution in [0, 0.1) is 5.92 Å². The lowest BCUT2D eigenvalue weighted by atomic mass is 10.1. The highest BCUT2D eigenvalue weighted by atomic mass is 16.5. The molecule has 1 N–H and O–H groups in total. The number of rotatable bonds is 6. The number of nitrogens with one attached hydrogen (secondary N) is 1. The maximum Gasteiger partial charge on any atom is 0.223 e. The second kappa shape index (κ2) is 7.11. The Hall–Kier alpha value is -2.04. The highest BCUT2D eigenvalue weighted by Gasteiger charge is 2.23. The third-order valence-electron chi connectivity index (χ3n) is 3.85. The Kier molecular flexibility index (Phi) is 5.20. The highest BCUT2D eigenvalue weighted by molar-refractivity contribution is 6.00. The van der Waals surface area contributed by atoms with Crippen LogP contribution in [-0.4, -0.2) is 32.5 Å². The van der Waals surface area contributed by atoms with Crippen LogP contribution in [0.5, 0.6) is 11.5 Å². The molecular formula is C16H21NO4. The predicted molar refractivity (Wildman–Crippen MR) is 78.8 cm³/mol. The average Bonchev–Trinajstić information content (AvgIpc) is 3.06. The van der Waals surface area contributed by atoms with E-state index in [1.165, 1.54) is 7.11 Å².